The number of ether oxygens (including phenoxy) is 1. The van der Waals surface area contributed by atoms with E-state index in [4.69, 9.17) is 4.74 Å². The first-order chi connectivity index (χ1) is 10.0. The average molecular weight is 327 g/mol. The number of carbonyl (C=O) groups is 1. The molecule has 0 bridgehead atoms. The second-order valence-corrected chi connectivity index (χ2v) is 8.32. The van der Waals surface area contributed by atoms with E-state index in [2.05, 4.69) is 4.72 Å². The molecule has 0 aliphatic carbocycles. The topological polar surface area (TPSA) is 72.5 Å². The zero-order chi connectivity index (χ0) is 17.0. The largest absolute Gasteiger partial charge is 0.494 e. The standard InChI is InChI=1S/C16H25NO4S/c1-6-21-14-8-7-13(11-12(14)2)15(18)17-22(19,20)10-9-16(3,4)5/h7-8,11H,6,9-10H2,1-5H3,(H,17,18). The van der Waals surface area contributed by atoms with E-state index in [1.54, 1.807) is 18.2 Å². The Morgan fingerprint density at radius 1 is 1.27 bits per heavy atom. The van der Waals surface area contributed by atoms with E-state index in [1.165, 1.54) is 0 Å². The van der Waals surface area contributed by atoms with Crippen LogP contribution in [0.5, 0.6) is 5.75 Å². The summed E-state index contributed by atoms with van der Waals surface area (Å²) in [6, 6.07) is 4.86. The lowest BCUT2D eigenvalue weighted by molar-refractivity contribution is 0.0981. The van der Waals surface area contributed by atoms with E-state index in [0.717, 1.165) is 5.56 Å². The van der Waals surface area contributed by atoms with Gasteiger partial charge in [0.2, 0.25) is 10.0 Å². The SMILES string of the molecule is CCOc1ccc(C(=O)NS(=O)(=O)CCC(C)(C)C)cc1C. The van der Waals surface area contributed by atoms with Crippen molar-refractivity contribution in [3.63, 3.8) is 0 Å². The molecule has 5 nitrogen and oxygen atoms in total. The summed E-state index contributed by atoms with van der Waals surface area (Å²) in [6.07, 6.45) is 0.484. The number of nitrogens with one attached hydrogen (secondary N) is 1. The quantitative estimate of drug-likeness (QED) is 0.872. The number of rotatable bonds is 6. The summed E-state index contributed by atoms with van der Waals surface area (Å²) in [5.41, 5.74) is 0.995. The first-order valence-electron chi connectivity index (χ1n) is 7.32. The fraction of sp³-hybridized carbons (Fsp3) is 0.562. The molecule has 0 saturated heterocycles. The molecule has 0 aromatic heterocycles. The second-order valence-electron chi connectivity index (χ2n) is 6.47. The monoisotopic (exact) mass is 327 g/mol. The van der Waals surface area contributed by atoms with Crippen molar-refractivity contribution in [3.8, 4) is 5.75 Å². The minimum atomic E-state index is -3.63. The number of carbonyl (C=O) groups excluding carboxylic acids is 1. The van der Waals surface area contributed by atoms with Crippen molar-refractivity contribution in [2.75, 3.05) is 12.4 Å². The van der Waals surface area contributed by atoms with Crippen LogP contribution in [0.4, 0.5) is 0 Å². The maximum Gasteiger partial charge on any atom is 0.264 e. The van der Waals surface area contributed by atoms with Gasteiger partial charge in [-0.25, -0.2) is 13.1 Å². The number of benzene rings is 1. The third-order valence-corrected chi connectivity index (χ3v) is 4.34. The third kappa shape index (κ3) is 6.05. The molecule has 124 valence electrons. The molecular weight excluding hydrogens is 302 g/mol. The van der Waals surface area contributed by atoms with Gasteiger partial charge < -0.3 is 4.74 Å². The highest BCUT2D eigenvalue weighted by atomic mass is 32.2. The highest BCUT2D eigenvalue weighted by Crippen LogP contribution is 2.20. The lowest BCUT2D eigenvalue weighted by Gasteiger charge is -2.18. The molecule has 1 aromatic carbocycles. The maximum atomic E-state index is 12.1. The molecule has 0 radical (unpaired) electrons. The molecule has 0 aliphatic heterocycles. The van der Waals surface area contributed by atoms with Gasteiger partial charge in [-0.1, -0.05) is 20.8 Å². The summed E-state index contributed by atoms with van der Waals surface area (Å²) in [6.45, 7) is 10.1. The van der Waals surface area contributed by atoms with Gasteiger partial charge in [-0.3, -0.25) is 4.79 Å². The Hall–Kier alpha value is -1.56. The molecule has 0 spiro atoms. The van der Waals surface area contributed by atoms with E-state index in [0.29, 0.717) is 24.3 Å². The summed E-state index contributed by atoms with van der Waals surface area (Å²) in [7, 11) is -3.63. The van der Waals surface area contributed by atoms with Crippen molar-refractivity contribution in [1.29, 1.82) is 0 Å². The molecule has 1 rings (SSSR count). The number of aryl methyl sites for hydroxylation is 1. The van der Waals surface area contributed by atoms with Gasteiger partial charge >= 0.3 is 0 Å². The van der Waals surface area contributed by atoms with Crippen LogP contribution in [0.3, 0.4) is 0 Å². The maximum absolute atomic E-state index is 12.1. The van der Waals surface area contributed by atoms with Crippen LogP contribution in [-0.2, 0) is 10.0 Å². The van der Waals surface area contributed by atoms with Crippen molar-refractivity contribution < 1.29 is 17.9 Å². The molecule has 0 atom stereocenters. The van der Waals surface area contributed by atoms with Crippen LogP contribution in [0.15, 0.2) is 18.2 Å². The third-order valence-electron chi connectivity index (χ3n) is 3.11. The summed E-state index contributed by atoms with van der Waals surface area (Å²) in [4.78, 5) is 12.1. The zero-order valence-corrected chi connectivity index (χ0v) is 14.7. The number of hydrogen-bond acceptors (Lipinski definition) is 4. The van der Waals surface area contributed by atoms with Crippen LogP contribution < -0.4 is 9.46 Å². The lowest BCUT2D eigenvalue weighted by Crippen LogP contribution is -2.33. The Kier molecular flexibility index (Phi) is 6.00. The zero-order valence-electron chi connectivity index (χ0n) is 13.9. The van der Waals surface area contributed by atoms with Crippen LogP contribution in [-0.4, -0.2) is 26.7 Å². The Morgan fingerprint density at radius 2 is 1.91 bits per heavy atom. The summed E-state index contributed by atoms with van der Waals surface area (Å²) >= 11 is 0. The molecule has 1 N–H and O–H groups in total. The predicted molar refractivity (Wildman–Crippen MR) is 87.7 cm³/mol. The Bertz CT molecular complexity index is 630. The van der Waals surface area contributed by atoms with Crippen molar-refractivity contribution >= 4 is 15.9 Å². The van der Waals surface area contributed by atoms with Crippen molar-refractivity contribution in [2.24, 2.45) is 5.41 Å². The average Bonchev–Trinajstić information content (AvgIpc) is 2.38. The molecule has 0 fully saturated rings. The molecule has 1 aromatic rings. The predicted octanol–water partition coefficient (Wildman–Crippen LogP) is 2.89. The van der Waals surface area contributed by atoms with Gasteiger partial charge in [0.25, 0.3) is 5.91 Å². The highest BCUT2D eigenvalue weighted by molar-refractivity contribution is 7.90. The van der Waals surface area contributed by atoms with E-state index in [1.807, 2.05) is 34.6 Å². The number of hydrogen-bond donors (Lipinski definition) is 1. The molecule has 0 unspecified atom stereocenters. The molecule has 6 heteroatoms. The van der Waals surface area contributed by atoms with E-state index in [-0.39, 0.29) is 11.2 Å². The van der Waals surface area contributed by atoms with Crippen LogP contribution in [0.25, 0.3) is 0 Å². The fourth-order valence-electron chi connectivity index (χ4n) is 1.80. The van der Waals surface area contributed by atoms with Gasteiger partial charge in [0.15, 0.2) is 0 Å². The minimum absolute atomic E-state index is 0.0712. The Morgan fingerprint density at radius 3 is 2.41 bits per heavy atom. The molecule has 0 saturated carbocycles. The van der Waals surface area contributed by atoms with Gasteiger partial charge in [0, 0.05) is 5.56 Å². The molecular formula is C16H25NO4S. The van der Waals surface area contributed by atoms with E-state index >= 15 is 0 Å². The first-order valence-corrected chi connectivity index (χ1v) is 8.97. The second kappa shape index (κ2) is 7.13. The minimum Gasteiger partial charge on any atom is -0.494 e. The molecule has 0 aliphatic rings. The highest BCUT2D eigenvalue weighted by Gasteiger charge is 2.20. The van der Waals surface area contributed by atoms with Crippen LogP contribution in [0.2, 0.25) is 0 Å². The van der Waals surface area contributed by atoms with E-state index in [9.17, 15) is 13.2 Å². The van der Waals surface area contributed by atoms with Crippen molar-refractivity contribution in [3.05, 3.63) is 29.3 Å². The van der Waals surface area contributed by atoms with Gasteiger partial charge in [-0.2, -0.15) is 0 Å². The van der Waals surface area contributed by atoms with Crippen molar-refractivity contribution in [1.82, 2.24) is 4.72 Å². The van der Waals surface area contributed by atoms with Crippen LogP contribution in [0.1, 0.15) is 50.0 Å². The Labute approximate surface area is 133 Å². The number of sulfonamides is 1. The van der Waals surface area contributed by atoms with Crippen molar-refractivity contribution in [2.45, 2.75) is 41.0 Å². The molecule has 1 amide bonds. The van der Waals surface area contributed by atoms with Gasteiger partial charge in [0.05, 0.1) is 12.4 Å². The summed E-state index contributed by atoms with van der Waals surface area (Å²) in [5, 5.41) is 0. The summed E-state index contributed by atoms with van der Waals surface area (Å²) in [5.74, 6) is 0.00724. The normalized spacial score (nSPS) is 12.0. The summed E-state index contributed by atoms with van der Waals surface area (Å²) < 4.78 is 31.4. The van der Waals surface area contributed by atoms with Crippen LogP contribution in [0, 0.1) is 12.3 Å². The number of amides is 1. The van der Waals surface area contributed by atoms with Crippen LogP contribution >= 0.6 is 0 Å². The van der Waals surface area contributed by atoms with Gasteiger partial charge in [-0.05, 0) is 49.4 Å². The van der Waals surface area contributed by atoms with Gasteiger partial charge in [0.1, 0.15) is 5.75 Å². The molecule has 22 heavy (non-hydrogen) atoms. The Balaban J connectivity index is 2.78. The first kappa shape index (κ1) is 18.5. The van der Waals surface area contributed by atoms with E-state index < -0.39 is 15.9 Å². The fourth-order valence-corrected chi connectivity index (χ4v) is 3.18. The smallest absolute Gasteiger partial charge is 0.264 e. The van der Waals surface area contributed by atoms with Gasteiger partial charge in [-0.15, -0.1) is 0 Å². The lowest BCUT2D eigenvalue weighted by atomic mass is 9.94. The molecule has 0 heterocycles.